The van der Waals surface area contributed by atoms with E-state index in [0.29, 0.717) is 0 Å². The van der Waals surface area contributed by atoms with Crippen LogP contribution in [0.5, 0.6) is 0 Å². The fourth-order valence-corrected chi connectivity index (χ4v) is 0. The third-order valence-corrected chi connectivity index (χ3v) is 0. The van der Waals surface area contributed by atoms with Gasteiger partial charge in [0.1, 0.15) is 0 Å². The summed E-state index contributed by atoms with van der Waals surface area (Å²) in [6, 6.07) is 0. The normalized spacial score (nSPS) is 0. The summed E-state index contributed by atoms with van der Waals surface area (Å²) in [5.74, 6) is 0. The molecule has 21 valence electrons. The molecule has 0 saturated heterocycles. The molecule has 4 heavy (non-hydrogen) atoms. The SMILES string of the molecule is P.[AlH3].[Ce].[La]. The van der Waals surface area contributed by atoms with Gasteiger partial charge in [-0.25, -0.2) is 0 Å². The molecule has 1 unspecified atom stereocenters. The van der Waals surface area contributed by atoms with Crippen molar-refractivity contribution in [2.45, 2.75) is 0 Å². The second-order valence-corrected chi connectivity index (χ2v) is 0. The van der Waals surface area contributed by atoms with Gasteiger partial charge in [0.2, 0.25) is 0 Å². The van der Waals surface area contributed by atoms with Gasteiger partial charge in [0.05, 0.1) is 0 Å². The van der Waals surface area contributed by atoms with Crippen molar-refractivity contribution in [2.75, 3.05) is 0 Å². The standard InChI is InChI=1S/Al.Ce.La.H3P.3H/h;;;1H3;;;. The van der Waals surface area contributed by atoms with Crippen LogP contribution in [0.2, 0.25) is 0 Å². The molecule has 0 aromatic carbocycles. The van der Waals surface area contributed by atoms with E-state index in [4.69, 9.17) is 0 Å². The number of hydrogen-bond acceptors (Lipinski definition) is 0. The van der Waals surface area contributed by atoms with E-state index in [1.807, 2.05) is 0 Å². The van der Waals surface area contributed by atoms with Gasteiger partial charge in [0.25, 0.3) is 0 Å². The van der Waals surface area contributed by atoms with Crippen LogP contribution in [-0.4, -0.2) is 17.4 Å². The van der Waals surface area contributed by atoms with Crippen molar-refractivity contribution in [1.82, 2.24) is 0 Å². The summed E-state index contributed by atoms with van der Waals surface area (Å²) in [5, 5.41) is 0. The molecule has 0 saturated carbocycles. The van der Waals surface area contributed by atoms with Crippen LogP contribution in [0.15, 0.2) is 0 Å². The molecular weight excluding hydrogens is 337 g/mol. The predicted octanol–water partition coefficient (Wildman–Crippen LogP) is -1.13. The molecule has 0 aliphatic rings. The van der Waals surface area contributed by atoms with Crippen molar-refractivity contribution >= 4 is 27.3 Å². The van der Waals surface area contributed by atoms with Gasteiger partial charge in [-0.15, -0.1) is 0 Å². The van der Waals surface area contributed by atoms with Gasteiger partial charge in [0, 0.05) is 77.3 Å². The van der Waals surface area contributed by atoms with E-state index in [1.165, 1.54) is 0 Å². The molecule has 0 spiro atoms. The Hall–Kier alpha value is 3.53. The van der Waals surface area contributed by atoms with Gasteiger partial charge in [-0.05, 0) is 0 Å². The largest absolute Gasteiger partial charge is 0.187 e. The van der Waals surface area contributed by atoms with Crippen LogP contribution >= 0.6 is 9.90 Å². The Kier molecular flexibility index (Phi) is 103. The monoisotopic (exact) mass is 343 g/mol. The Labute approximate surface area is 102 Å². The van der Waals surface area contributed by atoms with E-state index in [-0.39, 0.29) is 105 Å². The third kappa shape index (κ3) is 9.11. The second kappa shape index (κ2) is 16.0. The van der Waals surface area contributed by atoms with Crippen LogP contribution in [0.25, 0.3) is 0 Å². The van der Waals surface area contributed by atoms with Crippen LogP contribution in [0.4, 0.5) is 0 Å². The summed E-state index contributed by atoms with van der Waals surface area (Å²) >= 11 is 0. The summed E-state index contributed by atoms with van der Waals surface area (Å²) in [6.45, 7) is 0. The minimum absolute atomic E-state index is 0. The summed E-state index contributed by atoms with van der Waals surface area (Å²) < 4.78 is 0. The van der Waals surface area contributed by atoms with Crippen molar-refractivity contribution < 1.29 is 77.3 Å². The fraction of sp³-hybridized carbons (Fsp3) is 0. The van der Waals surface area contributed by atoms with Gasteiger partial charge in [0.15, 0.2) is 17.4 Å². The van der Waals surface area contributed by atoms with Crippen molar-refractivity contribution in [3.05, 3.63) is 0 Å². The van der Waals surface area contributed by atoms with E-state index in [0.717, 1.165) is 0 Å². The third-order valence-electron chi connectivity index (χ3n) is 0. The first-order valence-corrected chi connectivity index (χ1v) is 0. The average molecular weight is 343 g/mol. The Bertz CT molecular complexity index is 8.00. The molecule has 1 atom stereocenters. The maximum absolute atomic E-state index is 0. The molecule has 4 heteroatoms. The van der Waals surface area contributed by atoms with Gasteiger partial charge in [-0.1, -0.05) is 0 Å². The number of rotatable bonds is 0. The van der Waals surface area contributed by atoms with Crippen LogP contribution in [-0.2, 0) is 0 Å². The number of hydrogen-bond donors (Lipinski definition) is 0. The van der Waals surface area contributed by atoms with Gasteiger partial charge in [-0.3, -0.25) is 0 Å². The zero-order chi connectivity index (χ0) is 0. The molecule has 0 N–H and O–H groups in total. The summed E-state index contributed by atoms with van der Waals surface area (Å²) in [5.41, 5.74) is 0. The van der Waals surface area contributed by atoms with Gasteiger partial charge < -0.3 is 0 Å². The molecule has 1 radical (unpaired) electrons. The molecular formula is H6AlCeLaP. The first kappa shape index (κ1) is 25.8. The Morgan fingerprint density at radius 1 is 1.00 bits per heavy atom. The van der Waals surface area contributed by atoms with Crippen LogP contribution < -0.4 is 0 Å². The summed E-state index contributed by atoms with van der Waals surface area (Å²) in [4.78, 5) is 0. The zero-order valence-electron chi connectivity index (χ0n) is 1.78. The minimum atomic E-state index is 0. The molecule has 0 aromatic rings. The Balaban J connectivity index is 0. The van der Waals surface area contributed by atoms with Crippen molar-refractivity contribution in [3.8, 4) is 0 Å². The Morgan fingerprint density at radius 2 is 1.00 bits per heavy atom. The van der Waals surface area contributed by atoms with Gasteiger partial charge >= 0.3 is 0 Å². The van der Waals surface area contributed by atoms with E-state index in [9.17, 15) is 0 Å². The zero-order valence-corrected chi connectivity index (χ0v) is 9.96. The van der Waals surface area contributed by atoms with Crippen molar-refractivity contribution in [3.63, 3.8) is 0 Å². The van der Waals surface area contributed by atoms with Crippen molar-refractivity contribution in [2.24, 2.45) is 0 Å². The molecule has 0 fully saturated rings. The topological polar surface area (TPSA) is 0 Å². The first-order chi connectivity index (χ1) is 0. The minimum Gasteiger partial charge on any atom is -0.153 e. The maximum atomic E-state index is 0. The molecule has 0 bridgehead atoms. The van der Waals surface area contributed by atoms with Crippen LogP contribution in [0.1, 0.15) is 0 Å². The van der Waals surface area contributed by atoms with E-state index < -0.39 is 0 Å². The molecule has 0 aromatic heterocycles. The van der Waals surface area contributed by atoms with E-state index in [1.54, 1.807) is 0 Å². The van der Waals surface area contributed by atoms with E-state index in [2.05, 4.69) is 0 Å². The van der Waals surface area contributed by atoms with Crippen molar-refractivity contribution in [1.29, 1.82) is 0 Å². The second-order valence-electron chi connectivity index (χ2n) is 0. The quantitative estimate of drug-likeness (QED) is 0.386. The van der Waals surface area contributed by atoms with Gasteiger partial charge in [-0.2, -0.15) is 9.90 Å². The summed E-state index contributed by atoms with van der Waals surface area (Å²) in [7, 11) is 0. The first-order valence-electron chi connectivity index (χ1n) is 0. The molecule has 0 aliphatic heterocycles. The Morgan fingerprint density at radius 3 is 1.00 bits per heavy atom. The summed E-state index contributed by atoms with van der Waals surface area (Å²) in [6.07, 6.45) is 0. The average Bonchev–Trinajstić information content (AvgIpc) is 0. The van der Waals surface area contributed by atoms with Crippen LogP contribution in [0, 0.1) is 77.3 Å². The molecule has 0 amide bonds. The smallest absolute Gasteiger partial charge is 0.153 e. The fourth-order valence-electron chi connectivity index (χ4n) is 0. The molecule has 0 nitrogen and oxygen atoms in total. The molecule has 0 heterocycles. The van der Waals surface area contributed by atoms with Crippen LogP contribution in [0.3, 0.4) is 0 Å². The molecule has 0 aliphatic carbocycles. The maximum Gasteiger partial charge on any atom is 0.187 e. The predicted molar refractivity (Wildman–Crippen MR) is 21.0 cm³/mol. The van der Waals surface area contributed by atoms with E-state index >= 15 is 0 Å². The molecule has 0 rings (SSSR count).